The van der Waals surface area contributed by atoms with Crippen LogP contribution in [0.3, 0.4) is 0 Å². The SMILES string of the molecule is NCc1noc(C2(n3cccc3)CCCCC2)n1. The van der Waals surface area contributed by atoms with E-state index in [0.717, 1.165) is 12.8 Å². The molecule has 5 heteroatoms. The number of hydrogen-bond donors (Lipinski definition) is 1. The van der Waals surface area contributed by atoms with Gasteiger partial charge in [-0.05, 0) is 25.0 Å². The third-order valence-corrected chi connectivity index (χ3v) is 3.83. The van der Waals surface area contributed by atoms with Crippen LogP contribution in [0.25, 0.3) is 0 Å². The second-order valence-electron chi connectivity index (χ2n) is 4.90. The van der Waals surface area contributed by atoms with Crippen molar-refractivity contribution in [2.45, 2.75) is 44.2 Å². The second kappa shape index (κ2) is 4.57. The van der Waals surface area contributed by atoms with Crippen molar-refractivity contribution >= 4 is 0 Å². The van der Waals surface area contributed by atoms with Crippen molar-refractivity contribution in [3.05, 3.63) is 36.2 Å². The highest BCUT2D eigenvalue weighted by molar-refractivity contribution is 5.11. The molecule has 0 amide bonds. The van der Waals surface area contributed by atoms with E-state index in [1.807, 2.05) is 12.1 Å². The summed E-state index contributed by atoms with van der Waals surface area (Å²) in [5.41, 5.74) is 5.40. The first-order valence-electron chi connectivity index (χ1n) is 6.52. The molecule has 0 saturated heterocycles. The highest BCUT2D eigenvalue weighted by Crippen LogP contribution is 2.39. The smallest absolute Gasteiger partial charge is 0.252 e. The Bertz CT molecular complexity index is 497. The molecule has 0 spiro atoms. The summed E-state index contributed by atoms with van der Waals surface area (Å²) in [7, 11) is 0. The van der Waals surface area contributed by atoms with Gasteiger partial charge in [-0.3, -0.25) is 0 Å². The predicted molar refractivity (Wildman–Crippen MR) is 66.8 cm³/mol. The molecule has 0 aromatic carbocycles. The molecular formula is C13H18N4O. The standard InChI is InChI=1S/C13H18N4O/c14-10-11-15-12(18-16-11)13(6-2-1-3-7-13)17-8-4-5-9-17/h4-5,8-9H,1-3,6-7,10,14H2. The Hall–Kier alpha value is -1.62. The van der Waals surface area contributed by atoms with Crippen LogP contribution < -0.4 is 5.73 Å². The van der Waals surface area contributed by atoms with Gasteiger partial charge in [-0.25, -0.2) is 0 Å². The molecule has 1 aliphatic carbocycles. The van der Waals surface area contributed by atoms with Crippen LogP contribution >= 0.6 is 0 Å². The Labute approximate surface area is 106 Å². The van der Waals surface area contributed by atoms with Crippen LogP contribution in [0, 0.1) is 0 Å². The summed E-state index contributed by atoms with van der Waals surface area (Å²) in [5, 5.41) is 3.94. The molecule has 1 saturated carbocycles. The number of hydrogen-bond acceptors (Lipinski definition) is 4. The first kappa shape index (κ1) is 11.5. The Morgan fingerprint density at radius 1 is 1.22 bits per heavy atom. The maximum Gasteiger partial charge on any atom is 0.252 e. The molecule has 0 atom stereocenters. The molecule has 0 radical (unpaired) electrons. The van der Waals surface area contributed by atoms with E-state index in [4.69, 9.17) is 10.3 Å². The van der Waals surface area contributed by atoms with Crippen molar-refractivity contribution in [2.24, 2.45) is 5.73 Å². The average molecular weight is 246 g/mol. The van der Waals surface area contributed by atoms with Gasteiger partial charge in [0.2, 0.25) is 0 Å². The van der Waals surface area contributed by atoms with Gasteiger partial charge >= 0.3 is 0 Å². The third kappa shape index (κ3) is 1.75. The van der Waals surface area contributed by atoms with Crippen molar-refractivity contribution in [3.8, 4) is 0 Å². The molecule has 2 heterocycles. The largest absolute Gasteiger partial charge is 0.339 e. The van der Waals surface area contributed by atoms with E-state index >= 15 is 0 Å². The minimum atomic E-state index is -0.165. The van der Waals surface area contributed by atoms with Gasteiger partial charge in [0.1, 0.15) is 5.54 Å². The molecule has 96 valence electrons. The van der Waals surface area contributed by atoms with Crippen molar-refractivity contribution in [3.63, 3.8) is 0 Å². The lowest BCUT2D eigenvalue weighted by atomic mass is 9.81. The Kier molecular flexibility index (Phi) is 2.91. The van der Waals surface area contributed by atoms with Gasteiger partial charge in [-0.15, -0.1) is 0 Å². The fourth-order valence-electron chi connectivity index (χ4n) is 2.86. The summed E-state index contributed by atoms with van der Waals surface area (Å²) in [6.45, 7) is 0.325. The summed E-state index contributed by atoms with van der Waals surface area (Å²) in [5.74, 6) is 1.29. The topological polar surface area (TPSA) is 69.9 Å². The highest BCUT2D eigenvalue weighted by Gasteiger charge is 2.40. The maximum absolute atomic E-state index is 5.56. The molecule has 5 nitrogen and oxygen atoms in total. The number of nitrogens with two attached hydrogens (primary N) is 1. The van der Waals surface area contributed by atoms with Gasteiger partial charge in [-0.2, -0.15) is 4.98 Å². The molecule has 1 aliphatic rings. The van der Waals surface area contributed by atoms with Crippen LogP contribution in [0.15, 0.2) is 29.0 Å². The van der Waals surface area contributed by atoms with Gasteiger partial charge < -0.3 is 14.8 Å². The first-order valence-corrected chi connectivity index (χ1v) is 6.52. The van der Waals surface area contributed by atoms with E-state index in [1.165, 1.54) is 19.3 Å². The van der Waals surface area contributed by atoms with Gasteiger partial charge in [-0.1, -0.05) is 24.4 Å². The summed E-state index contributed by atoms with van der Waals surface area (Å²) in [6, 6.07) is 4.08. The van der Waals surface area contributed by atoms with Crippen molar-refractivity contribution in [1.29, 1.82) is 0 Å². The van der Waals surface area contributed by atoms with E-state index in [9.17, 15) is 0 Å². The van der Waals surface area contributed by atoms with Crippen LogP contribution in [0.2, 0.25) is 0 Å². The van der Waals surface area contributed by atoms with Crippen LogP contribution in [0.4, 0.5) is 0 Å². The van der Waals surface area contributed by atoms with E-state index < -0.39 is 0 Å². The molecule has 0 bridgehead atoms. The van der Waals surface area contributed by atoms with E-state index in [2.05, 4.69) is 27.1 Å². The fourth-order valence-corrected chi connectivity index (χ4v) is 2.86. The molecule has 3 rings (SSSR count). The predicted octanol–water partition coefficient (Wildman–Crippen LogP) is 2.04. The summed E-state index contributed by atoms with van der Waals surface area (Å²) >= 11 is 0. The summed E-state index contributed by atoms with van der Waals surface area (Å²) in [4.78, 5) is 4.46. The minimum absolute atomic E-state index is 0.165. The quantitative estimate of drug-likeness (QED) is 0.899. The zero-order valence-electron chi connectivity index (χ0n) is 10.4. The Morgan fingerprint density at radius 3 is 2.56 bits per heavy atom. The Morgan fingerprint density at radius 2 is 1.94 bits per heavy atom. The van der Waals surface area contributed by atoms with Gasteiger partial charge in [0, 0.05) is 12.4 Å². The molecule has 1 fully saturated rings. The number of nitrogens with zero attached hydrogens (tertiary/aromatic N) is 3. The monoisotopic (exact) mass is 246 g/mol. The van der Waals surface area contributed by atoms with E-state index in [-0.39, 0.29) is 5.54 Å². The third-order valence-electron chi connectivity index (χ3n) is 3.83. The van der Waals surface area contributed by atoms with Crippen LogP contribution in [-0.4, -0.2) is 14.7 Å². The molecule has 0 unspecified atom stereocenters. The molecule has 2 aromatic heterocycles. The lowest BCUT2D eigenvalue weighted by Gasteiger charge is -2.35. The van der Waals surface area contributed by atoms with Crippen LogP contribution in [0.1, 0.15) is 43.8 Å². The van der Waals surface area contributed by atoms with Crippen molar-refractivity contribution < 1.29 is 4.52 Å². The lowest BCUT2D eigenvalue weighted by molar-refractivity contribution is 0.179. The number of rotatable bonds is 3. The zero-order valence-corrected chi connectivity index (χ0v) is 10.4. The van der Waals surface area contributed by atoms with Crippen molar-refractivity contribution in [1.82, 2.24) is 14.7 Å². The molecule has 2 N–H and O–H groups in total. The molecular weight excluding hydrogens is 228 g/mol. The molecule has 0 aliphatic heterocycles. The van der Waals surface area contributed by atoms with Crippen LogP contribution in [0.5, 0.6) is 0 Å². The van der Waals surface area contributed by atoms with Gasteiger partial charge in [0.15, 0.2) is 5.82 Å². The first-order chi connectivity index (χ1) is 8.85. The fraction of sp³-hybridized carbons (Fsp3) is 0.538. The number of aromatic nitrogens is 3. The normalized spacial score (nSPS) is 18.9. The van der Waals surface area contributed by atoms with Crippen molar-refractivity contribution in [2.75, 3.05) is 0 Å². The summed E-state index contributed by atoms with van der Waals surface area (Å²) in [6.07, 6.45) is 9.93. The second-order valence-corrected chi connectivity index (χ2v) is 4.90. The van der Waals surface area contributed by atoms with E-state index in [1.54, 1.807) is 0 Å². The maximum atomic E-state index is 5.56. The van der Waals surface area contributed by atoms with E-state index in [0.29, 0.717) is 18.3 Å². The average Bonchev–Trinajstić information content (AvgIpc) is 3.11. The summed E-state index contributed by atoms with van der Waals surface area (Å²) < 4.78 is 7.67. The van der Waals surface area contributed by atoms with Gasteiger partial charge in [0.25, 0.3) is 5.89 Å². The lowest BCUT2D eigenvalue weighted by Crippen LogP contribution is -2.36. The van der Waals surface area contributed by atoms with Crippen LogP contribution in [-0.2, 0) is 12.1 Å². The van der Waals surface area contributed by atoms with Gasteiger partial charge in [0.05, 0.1) is 6.54 Å². The minimum Gasteiger partial charge on any atom is -0.339 e. The Balaban J connectivity index is 2.04. The molecule has 18 heavy (non-hydrogen) atoms. The molecule has 2 aromatic rings. The highest BCUT2D eigenvalue weighted by atomic mass is 16.5. The zero-order chi connectivity index (χ0) is 12.4.